The van der Waals surface area contributed by atoms with Gasteiger partial charge in [0.1, 0.15) is 18.3 Å². The molecule has 2 N–H and O–H groups in total. The molecule has 0 radical (unpaired) electrons. The molecule has 1 fully saturated rings. The second kappa shape index (κ2) is 13.2. The fourth-order valence-corrected chi connectivity index (χ4v) is 5.70. The monoisotopic (exact) mass is 604 g/mol. The first-order chi connectivity index (χ1) is 19.1. The van der Waals surface area contributed by atoms with Crippen molar-refractivity contribution in [2.24, 2.45) is 5.92 Å². The Morgan fingerprint density at radius 2 is 1.61 bits per heavy atom. The largest absolute Gasteiger partial charge is 0.485 e. The average Bonchev–Trinajstić information content (AvgIpc) is 2.91. The van der Waals surface area contributed by atoms with Crippen molar-refractivity contribution < 1.29 is 50.1 Å². The molecule has 2 aromatic rings. The van der Waals surface area contributed by atoms with Gasteiger partial charge in [0.05, 0.1) is 17.4 Å². The van der Waals surface area contributed by atoms with Gasteiger partial charge in [-0.3, -0.25) is 9.59 Å². The van der Waals surface area contributed by atoms with Crippen molar-refractivity contribution in [1.82, 2.24) is 9.62 Å². The van der Waals surface area contributed by atoms with E-state index in [2.05, 4.69) is 5.32 Å². The number of hydrogen-bond acceptors (Lipinski definition) is 7. The van der Waals surface area contributed by atoms with Gasteiger partial charge in [-0.15, -0.1) is 0 Å². The van der Waals surface area contributed by atoms with E-state index in [-0.39, 0.29) is 36.9 Å². The summed E-state index contributed by atoms with van der Waals surface area (Å²) in [5, 5.41) is 13.2. The summed E-state index contributed by atoms with van der Waals surface area (Å²) >= 11 is 0. The number of carbonyl (C=O) groups is 2. The second-order valence-corrected chi connectivity index (χ2v) is 12.5. The van der Waals surface area contributed by atoms with E-state index in [1.165, 1.54) is 16.4 Å². The number of halogens is 4. The zero-order valence-corrected chi connectivity index (χ0v) is 23.5. The molecular weight excluding hydrogens is 572 g/mol. The average molecular weight is 605 g/mol. The molecule has 2 aromatic carbocycles. The molecule has 1 unspecified atom stereocenters. The maximum atomic E-state index is 14.0. The van der Waals surface area contributed by atoms with Crippen molar-refractivity contribution in [1.29, 1.82) is 0 Å². The zero-order valence-electron chi connectivity index (χ0n) is 22.7. The molecule has 9 nitrogen and oxygen atoms in total. The normalized spacial score (nSPS) is 16.6. The van der Waals surface area contributed by atoms with Crippen LogP contribution in [0.1, 0.15) is 40.0 Å². The molecule has 1 amide bonds. The van der Waals surface area contributed by atoms with Crippen molar-refractivity contribution in [2.45, 2.75) is 62.7 Å². The van der Waals surface area contributed by atoms with Crippen LogP contribution in [0.15, 0.2) is 41.3 Å². The molecule has 1 heterocycles. The van der Waals surface area contributed by atoms with Gasteiger partial charge in [-0.25, -0.2) is 17.2 Å². The topological polar surface area (TPSA) is 122 Å². The van der Waals surface area contributed by atoms with Crippen molar-refractivity contribution in [2.75, 3.05) is 19.7 Å². The number of piperidine rings is 1. The second-order valence-electron chi connectivity index (χ2n) is 10.6. The van der Waals surface area contributed by atoms with Crippen molar-refractivity contribution in [3.8, 4) is 5.75 Å². The number of hydrogen-bond donors (Lipinski definition) is 2. The Bertz CT molecular complexity index is 1320. The lowest BCUT2D eigenvalue weighted by Gasteiger charge is -2.32. The first-order valence-corrected chi connectivity index (χ1v) is 14.3. The Balaban J connectivity index is 1.69. The Labute approximate surface area is 235 Å². The molecule has 1 saturated heterocycles. The van der Waals surface area contributed by atoms with Crippen LogP contribution in [0.4, 0.5) is 17.6 Å². The summed E-state index contributed by atoms with van der Waals surface area (Å²) in [6.45, 7) is 3.93. The summed E-state index contributed by atoms with van der Waals surface area (Å²) in [4.78, 5) is 25.7. The highest BCUT2D eigenvalue weighted by Crippen LogP contribution is 2.27. The third-order valence-corrected chi connectivity index (χ3v) is 8.19. The third-order valence-electron chi connectivity index (χ3n) is 6.27. The molecule has 3 rings (SSSR count). The first-order valence-electron chi connectivity index (χ1n) is 12.8. The van der Waals surface area contributed by atoms with E-state index < -0.39 is 87.6 Å². The number of aliphatic hydroxyl groups is 1. The van der Waals surface area contributed by atoms with Gasteiger partial charge in [-0.2, -0.15) is 13.1 Å². The van der Waals surface area contributed by atoms with Crippen LogP contribution in [0.3, 0.4) is 0 Å². The first kappa shape index (κ1) is 32.3. The van der Waals surface area contributed by atoms with Gasteiger partial charge < -0.3 is 19.9 Å². The van der Waals surface area contributed by atoms with E-state index in [9.17, 15) is 40.7 Å². The van der Waals surface area contributed by atoms with E-state index in [0.29, 0.717) is 0 Å². The van der Waals surface area contributed by atoms with E-state index in [0.717, 1.165) is 0 Å². The minimum atomic E-state index is -3.76. The molecule has 0 saturated carbocycles. The molecular formula is C27H32F4N2O7S. The molecule has 0 aromatic heterocycles. The highest BCUT2D eigenvalue weighted by atomic mass is 32.2. The summed E-state index contributed by atoms with van der Waals surface area (Å²) in [6.07, 6.45) is -2.06. The molecule has 0 aliphatic carbocycles. The molecule has 2 atom stereocenters. The van der Waals surface area contributed by atoms with Crippen molar-refractivity contribution >= 4 is 21.9 Å². The molecule has 0 spiro atoms. The van der Waals surface area contributed by atoms with Gasteiger partial charge in [-0.1, -0.05) is 18.2 Å². The van der Waals surface area contributed by atoms with Gasteiger partial charge in [-0.05, 0) is 45.7 Å². The third kappa shape index (κ3) is 8.39. The summed E-state index contributed by atoms with van der Waals surface area (Å²) in [7, 11) is -3.76. The standard InChI is InChI=1S/C27H32F4N2O7S/c1-27(2,3)40-22(35)14-20(21(34)15-39-25-23(30)18(28)13-19(29)24(25)31)32-26(36)16-9-11-33(12-10-16)41(37,38)17-7-5-4-6-8-17/h4-8,13,16,20-21,34H,9-12,14-15H2,1-3H3,(H,32,36)/t20-,21?/m0/s1. The van der Waals surface area contributed by atoms with Crippen LogP contribution in [0.2, 0.25) is 0 Å². The summed E-state index contributed by atoms with van der Waals surface area (Å²) in [5.74, 6) is -10.6. The highest BCUT2D eigenvalue weighted by molar-refractivity contribution is 7.89. The van der Waals surface area contributed by atoms with Crippen LogP contribution in [-0.4, -0.2) is 67.1 Å². The predicted octanol–water partition coefficient (Wildman–Crippen LogP) is 3.30. The molecule has 41 heavy (non-hydrogen) atoms. The molecule has 14 heteroatoms. The van der Waals surface area contributed by atoms with Gasteiger partial charge in [0.25, 0.3) is 0 Å². The van der Waals surface area contributed by atoms with Crippen molar-refractivity contribution in [3.05, 3.63) is 59.7 Å². The summed E-state index contributed by atoms with van der Waals surface area (Å²) in [5.41, 5.74) is -0.907. The van der Waals surface area contributed by atoms with Crippen LogP contribution in [-0.2, 0) is 24.3 Å². The van der Waals surface area contributed by atoms with Crippen LogP contribution in [0, 0.1) is 29.2 Å². The van der Waals surface area contributed by atoms with E-state index in [4.69, 9.17) is 9.47 Å². The number of nitrogens with one attached hydrogen (secondary N) is 1. The zero-order chi connectivity index (χ0) is 30.5. The maximum absolute atomic E-state index is 14.0. The van der Waals surface area contributed by atoms with Gasteiger partial charge >= 0.3 is 5.97 Å². The lowest BCUT2D eigenvalue weighted by atomic mass is 9.96. The number of amides is 1. The molecule has 1 aliphatic rings. The van der Waals surface area contributed by atoms with E-state index >= 15 is 0 Å². The van der Waals surface area contributed by atoms with E-state index in [1.54, 1.807) is 39.0 Å². The number of nitrogens with zero attached hydrogens (tertiary/aromatic N) is 1. The van der Waals surface area contributed by atoms with Gasteiger partial charge in [0.2, 0.25) is 27.6 Å². The van der Waals surface area contributed by atoms with Crippen LogP contribution >= 0.6 is 0 Å². The molecule has 0 bridgehead atoms. The molecule has 1 aliphatic heterocycles. The predicted molar refractivity (Wildman–Crippen MR) is 138 cm³/mol. The minimum absolute atomic E-state index is 0.00409. The van der Waals surface area contributed by atoms with Gasteiger partial charge in [0, 0.05) is 25.1 Å². The van der Waals surface area contributed by atoms with Crippen molar-refractivity contribution in [3.63, 3.8) is 0 Å². The Morgan fingerprint density at radius 1 is 1.05 bits per heavy atom. The van der Waals surface area contributed by atoms with Crippen LogP contribution in [0.5, 0.6) is 5.75 Å². The van der Waals surface area contributed by atoms with E-state index in [1.807, 2.05) is 0 Å². The Hall–Kier alpha value is -3.23. The number of aliphatic hydroxyl groups excluding tert-OH is 1. The fraction of sp³-hybridized carbons (Fsp3) is 0.481. The van der Waals surface area contributed by atoms with Crippen LogP contribution < -0.4 is 10.1 Å². The van der Waals surface area contributed by atoms with Gasteiger partial charge in [0.15, 0.2) is 17.4 Å². The highest BCUT2D eigenvalue weighted by Gasteiger charge is 2.35. The number of sulfonamides is 1. The number of ether oxygens (including phenoxy) is 2. The number of benzene rings is 2. The smallest absolute Gasteiger partial charge is 0.308 e. The quantitative estimate of drug-likeness (QED) is 0.243. The number of rotatable bonds is 10. The Morgan fingerprint density at radius 3 is 2.15 bits per heavy atom. The minimum Gasteiger partial charge on any atom is -0.485 e. The summed E-state index contributed by atoms with van der Waals surface area (Å²) < 4.78 is 92.1. The lowest BCUT2D eigenvalue weighted by molar-refractivity contribution is -0.156. The number of carbonyl (C=O) groups excluding carboxylic acids is 2. The summed E-state index contributed by atoms with van der Waals surface area (Å²) in [6, 6.07) is 6.43. The SMILES string of the molecule is CC(C)(C)OC(=O)C[C@H](NC(=O)C1CCN(S(=O)(=O)c2ccccc2)CC1)C(O)COc1c(F)c(F)cc(F)c1F. The van der Waals surface area contributed by atoms with Crippen LogP contribution in [0.25, 0.3) is 0 Å². The Kier molecular flexibility index (Phi) is 10.4. The maximum Gasteiger partial charge on any atom is 0.308 e. The number of esters is 1. The lowest BCUT2D eigenvalue weighted by Crippen LogP contribution is -2.51. The molecule has 226 valence electrons. The fourth-order valence-electron chi connectivity index (χ4n) is 4.21.